The molecular weight excluding hydrogens is 600 g/mol. The van der Waals surface area contributed by atoms with Crippen LogP contribution in [0.25, 0.3) is 16.4 Å². The van der Waals surface area contributed by atoms with Crippen LogP contribution in [0.5, 0.6) is 5.75 Å². The number of benzene rings is 1. The zero-order valence-electron chi connectivity index (χ0n) is 23.6. The topological polar surface area (TPSA) is 97.6 Å². The number of hydrogen-bond acceptors (Lipinski definition) is 6. The van der Waals surface area contributed by atoms with E-state index < -0.39 is 29.2 Å². The maximum absolute atomic E-state index is 15.1. The lowest BCUT2D eigenvalue weighted by molar-refractivity contribution is -0.143. The second-order valence-electron chi connectivity index (χ2n) is 11.1. The van der Waals surface area contributed by atoms with Gasteiger partial charge in [0.2, 0.25) is 5.91 Å². The minimum Gasteiger partial charge on any atom is -0.486 e. The van der Waals surface area contributed by atoms with Crippen molar-refractivity contribution in [1.82, 2.24) is 19.7 Å². The van der Waals surface area contributed by atoms with Crippen molar-refractivity contribution in [1.29, 1.82) is 0 Å². The van der Waals surface area contributed by atoms with Gasteiger partial charge in [-0.1, -0.05) is 12.1 Å². The molecule has 1 N–H and O–H groups in total. The normalized spacial score (nSPS) is 15.9. The van der Waals surface area contributed by atoms with E-state index in [1.807, 2.05) is 24.0 Å². The highest BCUT2D eigenvalue weighted by atomic mass is 32.1. The summed E-state index contributed by atoms with van der Waals surface area (Å²) in [6.07, 6.45) is -0.821. The van der Waals surface area contributed by atoms with Gasteiger partial charge < -0.3 is 14.7 Å². The first-order valence-electron chi connectivity index (χ1n) is 14.2. The highest BCUT2D eigenvalue weighted by Gasteiger charge is 2.41. The summed E-state index contributed by atoms with van der Waals surface area (Å²) >= 11 is 1.35. The van der Waals surface area contributed by atoms with Gasteiger partial charge in [0.25, 0.3) is 0 Å². The Kier molecular flexibility index (Phi) is 7.91. The van der Waals surface area contributed by atoms with Gasteiger partial charge in [0.05, 0.1) is 16.8 Å². The summed E-state index contributed by atoms with van der Waals surface area (Å²) < 4.78 is 62.8. The molecule has 44 heavy (non-hydrogen) atoms. The van der Waals surface area contributed by atoms with E-state index in [1.54, 1.807) is 12.1 Å². The predicted molar refractivity (Wildman–Crippen MR) is 153 cm³/mol. The van der Waals surface area contributed by atoms with E-state index in [1.165, 1.54) is 29.5 Å². The van der Waals surface area contributed by atoms with Crippen molar-refractivity contribution in [2.75, 3.05) is 13.1 Å². The average molecular weight is 629 g/mol. The molecule has 0 unspecified atom stereocenters. The van der Waals surface area contributed by atoms with Crippen LogP contribution in [0, 0.1) is 18.7 Å². The van der Waals surface area contributed by atoms with Gasteiger partial charge in [-0.2, -0.15) is 18.3 Å². The van der Waals surface area contributed by atoms with Gasteiger partial charge in [-0.3, -0.25) is 4.79 Å². The zero-order chi connectivity index (χ0) is 31.2. The van der Waals surface area contributed by atoms with Gasteiger partial charge in [-0.05, 0) is 74.4 Å². The second-order valence-corrected chi connectivity index (χ2v) is 12.3. The Balaban J connectivity index is 1.18. The number of pyridine rings is 1. The highest BCUT2D eigenvalue weighted by Crippen LogP contribution is 2.37. The number of nitrogens with zero attached hydrogens (tertiary/aromatic N) is 4. The molecule has 2 fully saturated rings. The smallest absolute Gasteiger partial charge is 0.434 e. The minimum atomic E-state index is -4.98. The molecular formula is C31H28F4N4O4S. The summed E-state index contributed by atoms with van der Waals surface area (Å²) in [5.74, 6) is -1.80. The molecule has 4 aromatic rings. The van der Waals surface area contributed by atoms with E-state index in [0.29, 0.717) is 40.1 Å². The summed E-state index contributed by atoms with van der Waals surface area (Å²) in [7, 11) is 0. The van der Waals surface area contributed by atoms with Crippen LogP contribution in [0.2, 0.25) is 0 Å². The van der Waals surface area contributed by atoms with E-state index in [0.717, 1.165) is 36.1 Å². The van der Waals surface area contributed by atoms with Gasteiger partial charge in [0, 0.05) is 29.4 Å². The lowest BCUT2D eigenvalue weighted by Gasteiger charge is -2.32. The largest absolute Gasteiger partial charge is 0.486 e. The first kappa shape index (κ1) is 29.8. The number of piperidine rings is 1. The molecule has 13 heteroatoms. The number of carboxylic acid groups (broad SMARTS) is 1. The van der Waals surface area contributed by atoms with Crippen LogP contribution in [0.4, 0.5) is 17.6 Å². The number of halogens is 4. The Morgan fingerprint density at radius 3 is 2.50 bits per heavy atom. The lowest BCUT2D eigenvalue weighted by atomic mass is 9.89. The maximum atomic E-state index is 15.1. The average Bonchev–Trinajstić information content (AvgIpc) is 3.62. The molecule has 0 atom stereocenters. The van der Waals surface area contributed by atoms with Crippen molar-refractivity contribution in [3.63, 3.8) is 0 Å². The minimum absolute atomic E-state index is 0.0117. The number of carbonyl (C=O) groups is 2. The van der Waals surface area contributed by atoms with E-state index in [4.69, 9.17) is 4.74 Å². The molecule has 230 valence electrons. The molecule has 1 aliphatic carbocycles. The number of carboxylic acids is 1. The van der Waals surface area contributed by atoms with Crippen LogP contribution in [0.1, 0.15) is 63.7 Å². The van der Waals surface area contributed by atoms with Gasteiger partial charge in [-0.25, -0.2) is 18.9 Å². The number of aryl methyl sites for hydroxylation is 1. The van der Waals surface area contributed by atoms with Crippen LogP contribution in [-0.2, 0) is 17.6 Å². The third-order valence-electron chi connectivity index (χ3n) is 7.93. The Hall–Kier alpha value is -4.26. The Morgan fingerprint density at radius 2 is 1.84 bits per heavy atom. The molecule has 6 rings (SSSR count). The number of aromatic nitrogens is 3. The number of ether oxygens (including phenoxy) is 1. The first-order valence-corrected chi connectivity index (χ1v) is 15.0. The molecule has 3 aromatic heterocycles. The fourth-order valence-electron chi connectivity index (χ4n) is 5.58. The Bertz CT molecular complexity index is 1720. The van der Waals surface area contributed by atoms with E-state index in [-0.39, 0.29) is 35.9 Å². The van der Waals surface area contributed by atoms with Gasteiger partial charge in [0.15, 0.2) is 23.1 Å². The van der Waals surface area contributed by atoms with Crippen LogP contribution in [0.3, 0.4) is 0 Å². The molecule has 0 radical (unpaired) electrons. The molecule has 1 aliphatic heterocycles. The lowest BCUT2D eigenvalue weighted by Crippen LogP contribution is -2.38. The number of alkyl halides is 3. The van der Waals surface area contributed by atoms with Crippen LogP contribution < -0.4 is 4.74 Å². The van der Waals surface area contributed by atoms with Crippen molar-refractivity contribution in [3.8, 4) is 22.1 Å². The second kappa shape index (κ2) is 11.7. The quantitative estimate of drug-likeness (QED) is 0.214. The molecule has 4 heterocycles. The summed E-state index contributed by atoms with van der Waals surface area (Å²) in [5, 5.41) is 12.9. The molecule has 0 spiro atoms. The summed E-state index contributed by atoms with van der Waals surface area (Å²) in [5.41, 5.74) is -0.549. The maximum Gasteiger partial charge on any atom is 0.434 e. The van der Waals surface area contributed by atoms with Crippen molar-refractivity contribution < 1.29 is 37.0 Å². The van der Waals surface area contributed by atoms with Crippen molar-refractivity contribution in [3.05, 3.63) is 81.7 Å². The number of likely N-dealkylation sites (tertiary alicyclic amines) is 1. The van der Waals surface area contributed by atoms with Crippen molar-refractivity contribution >= 4 is 23.2 Å². The molecule has 8 nitrogen and oxygen atoms in total. The fourth-order valence-corrected chi connectivity index (χ4v) is 6.57. The van der Waals surface area contributed by atoms with E-state index >= 15 is 4.39 Å². The SMILES string of the molecule is Cc1cc(COc2ccc(C3CCN(C(=O)C4CC4)CC3)cc2F)c(-c2cccc(-n3ncc(C(=O)O)c3C(F)(F)F)n2)s1. The van der Waals surface area contributed by atoms with Gasteiger partial charge in [0.1, 0.15) is 12.2 Å². The monoisotopic (exact) mass is 628 g/mol. The molecule has 1 aromatic carbocycles. The third kappa shape index (κ3) is 6.05. The van der Waals surface area contributed by atoms with Crippen LogP contribution in [-0.4, -0.2) is 49.7 Å². The molecule has 1 saturated carbocycles. The Morgan fingerprint density at radius 1 is 1.09 bits per heavy atom. The van der Waals surface area contributed by atoms with Crippen LogP contribution >= 0.6 is 11.3 Å². The van der Waals surface area contributed by atoms with Gasteiger partial charge in [-0.15, -0.1) is 11.3 Å². The number of carbonyl (C=O) groups excluding carboxylic acids is 1. The molecule has 2 aliphatic rings. The summed E-state index contributed by atoms with van der Waals surface area (Å²) in [4.78, 5) is 31.5. The van der Waals surface area contributed by atoms with Crippen molar-refractivity contribution in [2.24, 2.45) is 5.92 Å². The first-order chi connectivity index (χ1) is 21.0. The fraction of sp³-hybridized carbons (Fsp3) is 0.355. The van der Waals surface area contributed by atoms with E-state index in [2.05, 4.69) is 10.1 Å². The summed E-state index contributed by atoms with van der Waals surface area (Å²) in [6, 6.07) is 11.2. The zero-order valence-corrected chi connectivity index (χ0v) is 24.4. The standard InChI is InChI=1S/C31H28F4N4O4S/c1-17-13-21(16-43-25-8-7-20(14-23(25)32)18-9-11-38(12-10-18)29(40)19-5-6-19)27(44-17)24-3-2-4-26(37-24)39-28(31(33,34)35)22(15-36-39)30(41)42/h2-4,7-8,13-15,18-19H,5-6,9-12,16H2,1H3,(H,41,42). The molecule has 1 amide bonds. The number of thiophene rings is 1. The summed E-state index contributed by atoms with van der Waals surface area (Å²) in [6.45, 7) is 3.19. The van der Waals surface area contributed by atoms with Crippen molar-refractivity contribution in [2.45, 2.75) is 51.3 Å². The molecule has 0 bridgehead atoms. The van der Waals surface area contributed by atoms with E-state index in [9.17, 15) is 27.9 Å². The predicted octanol–water partition coefficient (Wildman–Crippen LogP) is 6.86. The van der Waals surface area contributed by atoms with Crippen LogP contribution in [0.15, 0.2) is 48.7 Å². The van der Waals surface area contributed by atoms with Gasteiger partial charge >= 0.3 is 12.1 Å². The number of amides is 1. The number of aromatic carboxylic acids is 1. The Labute approximate surface area is 253 Å². The number of rotatable bonds is 8. The molecule has 1 saturated heterocycles. The number of hydrogen-bond donors (Lipinski definition) is 1. The third-order valence-corrected chi connectivity index (χ3v) is 9.04. The highest BCUT2D eigenvalue weighted by molar-refractivity contribution is 7.15.